The second-order valence-electron chi connectivity index (χ2n) is 6.26. The Kier molecular flexibility index (Phi) is 7.14. The predicted molar refractivity (Wildman–Crippen MR) is 106 cm³/mol. The first-order chi connectivity index (χ1) is 12.0. The first kappa shape index (κ1) is 19.6. The summed E-state index contributed by atoms with van der Waals surface area (Å²) in [5.74, 6) is 0.0958. The van der Waals surface area contributed by atoms with Crippen LogP contribution in [-0.2, 0) is 6.42 Å². The van der Waals surface area contributed by atoms with Crippen molar-refractivity contribution >= 4 is 17.2 Å². The lowest BCUT2D eigenvalue weighted by molar-refractivity contribution is 0.0755. The molecule has 0 aliphatic rings. The second-order valence-corrected chi connectivity index (χ2v) is 7.26. The molecule has 136 valence electrons. The molecule has 2 rings (SSSR count). The Morgan fingerprint density at radius 2 is 1.76 bits per heavy atom. The molecule has 4 nitrogen and oxygen atoms in total. The van der Waals surface area contributed by atoms with E-state index >= 15 is 0 Å². The molecular weight excluding hydrogens is 330 g/mol. The van der Waals surface area contributed by atoms with Gasteiger partial charge in [0.25, 0.3) is 5.91 Å². The van der Waals surface area contributed by atoms with Crippen LogP contribution in [0.25, 0.3) is 10.6 Å². The Bertz CT molecular complexity index is 693. The molecule has 0 bridgehead atoms. The van der Waals surface area contributed by atoms with Crippen LogP contribution in [0.15, 0.2) is 24.3 Å². The van der Waals surface area contributed by atoms with Gasteiger partial charge in [0.1, 0.15) is 9.88 Å². The van der Waals surface area contributed by atoms with Gasteiger partial charge < -0.3 is 9.80 Å². The van der Waals surface area contributed by atoms with E-state index in [9.17, 15) is 4.79 Å². The third-order valence-corrected chi connectivity index (χ3v) is 5.75. The van der Waals surface area contributed by atoms with Gasteiger partial charge in [-0.15, -0.1) is 11.3 Å². The van der Waals surface area contributed by atoms with Gasteiger partial charge in [-0.25, -0.2) is 4.98 Å². The van der Waals surface area contributed by atoms with Gasteiger partial charge in [0.2, 0.25) is 0 Å². The molecule has 0 aliphatic carbocycles. The number of amides is 1. The SMILES string of the molecule is CCc1ccc(-c2nc(C)c(C(=O)N(CC)CCN(C)CC)s2)cc1. The minimum absolute atomic E-state index is 0.0958. The summed E-state index contributed by atoms with van der Waals surface area (Å²) in [5, 5.41) is 0.922. The summed E-state index contributed by atoms with van der Waals surface area (Å²) in [6.45, 7) is 11.6. The number of carbonyl (C=O) groups is 1. The van der Waals surface area contributed by atoms with Crippen molar-refractivity contribution in [1.82, 2.24) is 14.8 Å². The molecule has 0 saturated heterocycles. The molecule has 5 heteroatoms. The number of benzene rings is 1. The molecule has 1 heterocycles. The van der Waals surface area contributed by atoms with Gasteiger partial charge >= 0.3 is 0 Å². The van der Waals surface area contributed by atoms with E-state index in [1.165, 1.54) is 16.9 Å². The molecule has 2 aromatic rings. The van der Waals surface area contributed by atoms with Crippen LogP contribution in [0.1, 0.15) is 41.7 Å². The molecule has 0 radical (unpaired) electrons. The van der Waals surface area contributed by atoms with Crippen molar-refractivity contribution in [2.45, 2.75) is 34.1 Å². The van der Waals surface area contributed by atoms with Crippen molar-refractivity contribution in [3.05, 3.63) is 40.4 Å². The summed E-state index contributed by atoms with van der Waals surface area (Å²) in [5.41, 5.74) is 3.22. The lowest BCUT2D eigenvalue weighted by atomic mass is 10.1. The maximum Gasteiger partial charge on any atom is 0.265 e. The van der Waals surface area contributed by atoms with Crippen LogP contribution in [-0.4, -0.2) is 53.9 Å². The van der Waals surface area contributed by atoms with E-state index in [-0.39, 0.29) is 5.91 Å². The molecule has 25 heavy (non-hydrogen) atoms. The number of likely N-dealkylation sites (N-methyl/N-ethyl adjacent to an activating group) is 2. The number of thiazole rings is 1. The molecule has 1 aromatic carbocycles. The highest BCUT2D eigenvalue weighted by Gasteiger charge is 2.21. The maximum atomic E-state index is 12.9. The fraction of sp³-hybridized carbons (Fsp3) is 0.500. The van der Waals surface area contributed by atoms with Gasteiger partial charge in [-0.2, -0.15) is 0 Å². The topological polar surface area (TPSA) is 36.4 Å². The molecule has 0 saturated carbocycles. The smallest absolute Gasteiger partial charge is 0.265 e. The van der Waals surface area contributed by atoms with Gasteiger partial charge in [0.15, 0.2) is 0 Å². The maximum absolute atomic E-state index is 12.9. The van der Waals surface area contributed by atoms with Crippen LogP contribution in [0.5, 0.6) is 0 Å². The Labute approximate surface area is 155 Å². The average Bonchev–Trinajstić information content (AvgIpc) is 3.03. The van der Waals surface area contributed by atoms with Gasteiger partial charge in [-0.05, 0) is 39.4 Å². The minimum Gasteiger partial charge on any atom is -0.337 e. The molecule has 0 aliphatic heterocycles. The minimum atomic E-state index is 0.0958. The van der Waals surface area contributed by atoms with Crippen LogP contribution in [0.4, 0.5) is 0 Å². The number of aryl methyl sites for hydroxylation is 2. The van der Waals surface area contributed by atoms with Crippen molar-refractivity contribution in [2.24, 2.45) is 0 Å². The van der Waals surface area contributed by atoms with E-state index < -0.39 is 0 Å². The summed E-state index contributed by atoms with van der Waals surface area (Å²) < 4.78 is 0. The Balaban J connectivity index is 2.17. The monoisotopic (exact) mass is 359 g/mol. The van der Waals surface area contributed by atoms with Crippen LogP contribution in [0, 0.1) is 6.92 Å². The van der Waals surface area contributed by atoms with Crippen LogP contribution >= 0.6 is 11.3 Å². The number of hydrogen-bond acceptors (Lipinski definition) is 4. The average molecular weight is 360 g/mol. The summed E-state index contributed by atoms with van der Waals surface area (Å²) in [7, 11) is 2.08. The van der Waals surface area contributed by atoms with E-state index in [0.29, 0.717) is 6.54 Å². The number of rotatable bonds is 8. The molecule has 0 N–H and O–H groups in total. The lowest BCUT2D eigenvalue weighted by Crippen LogP contribution is -2.37. The summed E-state index contributed by atoms with van der Waals surface area (Å²) in [4.78, 5) is 22.5. The number of carbonyl (C=O) groups excluding carboxylic acids is 1. The van der Waals surface area contributed by atoms with Gasteiger partial charge in [0, 0.05) is 25.2 Å². The van der Waals surface area contributed by atoms with Gasteiger partial charge in [-0.3, -0.25) is 4.79 Å². The lowest BCUT2D eigenvalue weighted by Gasteiger charge is -2.23. The van der Waals surface area contributed by atoms with Crippen LogP contribution < -0.4 is 0 Å². The van der Waals surface area contributed by atoms with Crippen molar-refractivity contribution in [3.8, 4) is 10.6 Å². The third kappa shape index (κ3) is 4.89. The molecule has 0 spiro atoms. The van der Waals surface area contributed by atoms with Crippen LogP contribution in [0.2, 0.25) is 0 Å². The Morgan fingerprint density at radius 3 is 2.32 bits per heavy atom. The van der Waals surface area contributed by atoms with E-state index in [1.54, 1.807) is 0 Å². The fourth-order valence-corrected chi connectivity index (χ4v) is 3.64. The number of aromatic nitrogens is 1. The number of hydrogen-bond donors (Lipinski definition) is 0. The summed E-state index contributed by atoms with van der Waals surface area (Å²) in [6.07, 6.45) is 1.03. The highest BCUT2D eigenvalue weighted by atomic mass is 32.1. The largest absolute Gasteiger partial charge is 0.337 e. The highest BCUT2D eigenvalue weighted by Crippen LogP contribution is 2.29. The zero-order valence-electron chi connectivity index (χ0n) is 16.0. The third-order valence-electron chi connectivity index (χ3n) is 4.56. The first-order valence-corrected chi connectivity index (χ1v) is 9.86. The number of nitrogens with zero attached hydrogens (tertiary/aromatic N) is 3. The van der Waals surface area contributed by atoms with E-state index in [4.69, 9.17) is 0 Å². The van der Waals surface area contributed by atoms with E-state index in [0.717, 1.165) is 47.2 Å². The quantitative estimate of drug-likeness (QED) is 0.712. The zero-order chi connectivity index (χ0) is 18.4. The molecule has 1 aromatic heterocycles. The molecule has 0 fully saturated rings. The Morgan fingerprint density at radius 1 is 1.08 bits per heavy atom. The second kappa shape index (κ2) is 9.11. The normalized spacial score (nSPS) is 11.1. The predicted octanol–water partition coefficient (Wildman–Crippen LogP) is 4.09. The van der Waals surface area contributed by atoms with Crippen LogP contribution in [0.3, 0.4) is 0 Å². The van der Waals surface area contributed by atoms with E-state index in [2.05, 4.69) is 55.0 Å². The van der Waals surface area contributed by atoms with Crippen molar-refractivity contribution in [3.63, 3.8) is 0 Å². The molecule has 1 amide bonds. The fourth-order valence-electron chi connectivity index (χ4n) is 2.60. The van der Waals surface area contributed by atoms with Crippen molar-refractivity contribution in [2.75, 3.05) is 33.2 Å². The Hall–Kier alpha value is -1.72. The van der Waals surface area contributed by atoms with Crippen molar-refractivity contribution in [1.29, 1.82) is 0 Å². The van der Waals surface area contributed by atoms with Crippen molar-refractivity contribution < 1.29 is 4.79 Å². The van der Waals surface area contributed by atoms with Gasteiger partial charge in [0.05, 0.1) is 5.69 Å². The molecular formula is C20H29N3OS. The van der Waals surface area contributed by atoms with E-state index in [1.807, 2.05) is 18.7 Å². The van der Waals surface area contributed by atoms with Gasteiger partial charge in [-0.1, -0.05) is 38.1 Å². The molecule has 0 unspecified atom stereocenters. The summed E-state index contributed by atoms with van der Waals surface area (Å²) in [6, 6.07) is 8.46. The zero-order valence-corrected chi connectivity index (χ0v) is 16.8. The highest BCUT2D eigenvalue weighted by molar-refractivity contribution is 7.17. The molecule has 0 atom stereocenters. The standard InChI is InChI=1S/C20H29N3OS/c1-6-16-9-11-17(12-10-16)19-21-15(4)18(25-19)20(24)23(8-3)14-13-22(5)7-2/h9-12H,6-8,13-14H2,1-5H3. The first-order valence-electron chi connectivity index (χ1n) is 9.04. The summed E-state index contributed by atoms with van der Waals surface area (Å²) >= 11 is 1.50.